The van der Waals surface area contributed by atoms with Gasteiger partial charge in [-0.3, -0.25) is 4.79 Å². The molecule has 3 N–H and O–H groups in total. The first-order chi connectivity index (χ1) is 9.28. The molecule has 0 aliphatic heterocycles. The Morgan fingerprint density at radius 2 is 2.05 bits per heavy atom. The minimum atomic E-state index is -3.51. The molecule has 0 saturated carbocycles. The molecule has 7 heteroatoms. The standard InChI is InChI=1S/C13H21N3O3S/c1-4-6-12(14)13(17)15-10-7-5-8-11(9-10)20(18,19)16(2)3/h5,7-9,12H,4,6,14H2,1-3H3,(H,15,17)/t12-/m0/s1. The maximum atomic E-state index is 12.0. The van der Waals surface area contributed by atoms with E-state index in [0.717, 1.165) is 10.7 Å². The Hall–Kier alpha value is -1.44. The van der Waals surface area contributed by atoms with Crippen LogP contribution in [0.1, 0.15) is 19.8 Å². The molecule has 1 rings (SSSR count). The van der Waals surface area contributed by atoms with Crippen LogP contribution in [0.3, 0.4) is 0 Å². The second kappa shape index (κ2) is 6.83. The van der Waals surface area contributed by atoms with Crippen LogP contribution in [0.25, 0.3) is 0 Å². The number of sulfonamides is 1. The molecule has 0 saturated heterocycles. The lowest BCUT2D eigenvalue weighted by molar-refractivity contribution is -0.117. The third-order valence-corrected chi connectivity index (χ3v) is 4.63. The minimum Gasteiger partial charge on any atom is -0.325 e. The maximum Gasteiger partial charge on any atom is 0.242 e. The molecule has 112 valence electrons. The summed E-state index contributed by atoms with van der Waals surface area (Å²) in [6.07, 6.45) is 1.39. The van der Waals surface area contributed by atoms with Gasteiger partial charge in [0.05, 0.1) is 10.9 Å². The summed E-state index contributed by atoms with van der Waals surface area (Å²) in [5, 5.41) is 2.63. The second-order valence-corrected chi connectivity index (χ2v) is 6.85. The smallest absolute Gasteiger partial charge is 0.242 e. The van der Waals surface area contributed by atoms with Gasteiger partial charge in [0.15, 0.2) is 0 Å². The van der Waals surface area contributed by atoms with Gasteiger partial charge in [-0.15, -0.1) is 0 Å². The lowest BCUT2D eigenvalue weighted by Gasteiger charge is -2.14. The van der Waals surface area contributed by atoms with E-state index in [1.165, 1.54) is 26.2 Å². The summed E-state index contributed by atoms with van der Waals surface area (Å²) in [4.78, 5) is 11.9. The minimum absolute atomic E-state index is 0.129. The van der Waals surface area contributed by atoms with Gasteiger partial charge in [-0.1, -0.05) is 19.4 Å². The van der Waals surface area contributed by atoms with Crippen molar-refractivity contribution in [3.8, 4) is 0 Å². The van der Waals surface area contributed by atoms with Gasteiger partial charge in [0.1, 0.15) is 0 Å². The Balaban J connectivity index is 2.92. The first kappa shape index (κ1) is 16.6. The Labute approximate surface area is 120 Å². The van der Waals surface area contributed by atoms with Gasteiger partial charge in [0, 0.05) is 19.8 Å². The van der Waals surface area contributed by atoms with Gasteiger partial charge in [0.25, 0.3) is 0 Å². The Kier molecular flexibility index (Phi) is 5.67. The number of hydrogen-bond donors (Lipinski definition) is 2. The van der Waals surface area contributed by atoms with Crippen LogP contribution in [0.5, 0.6) is 0 Å². The topological polar surface area (TPSA) is 92.5 Å². The molecule has 20 heavy (non-hydrogen) atoms. The van der Waals surface area contributed by atoms with E-state index < -0.39 is 16.1 Å². The zero-order valence-corrected chi connectivity index (χ0v) is 12.8. The van der Waals surface area contributed by atoms with Crippen molar-refractivity contribution in [1.29, 1.82) is 0 Å². The summed E-state index contributed by atoms with van der Waals surface area (Å²) in [5.41, 5.74) is 6.13. The number of benzene rings is 1. The average Bonchev–Trinajstić information content (AvgIpc) is 2.39. The molecule has 1 aromatic carbocycles. The normalized spacial score (nSPS) is 13.2. The molecule has 0 heterocycles. The molecule has 0 fully saturated rings. The van der Waals surface area contributed by atoms with Crippen molar-refractivity contribution in [2.24, 2.45) is 5.73 Å². The molecule has 0 radical (unpaired) electrons. The molecular formula is C13H21N3O3S. The summed E-state index contributed by atoms with van der Waals surface area (Å²) in [6.45, 7) is 1.94. The van der Waals surface area contributed by atoms with Crippen molar-refractivity contribution >= 4 is 21.6 Å². The van der Waals surface area contributed by atoms with E-state index in [2.05, 4.69) is 5.32 Å². The van der Waals surface area contributed by atoms with Gasteiger partial charge in [0.2, 0.25) is 15.9 Å². The molecule has 6 nitrogen and oxygen atoms in total. The average molecular weight is 299 g/mol. The highest BCUT2D eigenvalue weighted by Gasteiger charge is 2.18. The first-order valence-corrected chi connectivity index (χ1v) is 7.82. The molecular weight excluding hydrogens is 278 g/mol. The molecule has 0 unspecified atom stereocenters. The largest absolute Gasteiger partial charge is 0.325 e. The van der Waals surface area contributed by atoms with Crippen LogP contribution < -0.4 is 11.1 Å². The van der Waals surface area contributed by atoms with Crippen LogP contribution in [-0.4, -0.2) is 38.8 Å². The highest BCUT2D eigenvalue weighted by molar-refractivity contribution is 7.89. The first-order valence-electron chi connectivity index (χ1n) is 6.38. The molecule has 0 aromatic heterocycles. The van der Waals surface area contributed by atoms with E-state index in [9.17, 15) is 13.2 Å². The van der Waals surface area contributed by atoms with Crippen LogP contribution in [-0.2, 0) is 14.8 Å². The van der Waals surface area contributed by atoms with Gasteiger partial charge in [-0.25, -0.2) is 12.7 Å². The molecule has 1 amide bonds. The number of hydrogen-bond acceptors (Lipinski definition) is 4. The molecule has 0 spiro atoms. The SMILES string of the molecule is CCC[C@H](N)C(=O)Nc1cccc(S(=O)(=O)N(C)C)c1. The number of nitrogens with zero attached hydrogens (tertiary/aromatic N) is 1. The van der Waals surface area contributed by atoms with E-state index in [4.69, 9.17) is 5.73 Å². The second-order valence-electron chi connectivity index (χ2n) is 4.70. The summed E-state index contributed by atoms with van der Waals surface area (Å²) < 4.78 is 25.1. The Morgan fingerprint density at radius 1 is 1.40 bits per heavy atom. The van der Waals surface area contributed by atoms with Crippen molar-refractivity contribution in [2.45, 2.75) is 30.7 Å². The van der Waals surface area contributed by atoms with Crippen molar-refractivity contribution in [3.63, 3.8) is 0 Å². The number of amides is 1. The molecule has 0 aliphatic carbocycles. The van der Waals surface area contributed by atoms with Gasteiger partial charge in [-0.2, -0.15) is 0 Å². The van der Waals surface area contributed by atoms with Crippen LogP contribution in [0.15, 0.2) is 29.2 Å². The molecule has 1 aromatic rings. The lowest BCUT2D eigenvalue weighted by Crippen LogP contribution is -2.35. The predicted octanol–water partition coefficient (Wildman–Crippen LogP) is 1.00. The van der Waals surface area contributed by atoms with Crippen LogP contribution in [0, 0.1) is 0 Å². The predicted molar refractivity (Wildman–Crippen MR) is 78.8 cm³/mol. The summed E-state index contributed by atoms with van der Waals surface area (Å²) in [7, 11) is -0.603. The number of rotatable bonds is 6. The van der Waals surface area contributed by atoms with E-state index in [1.54, 1.807) is 12.1 Å². The lowest BCUT2D eigenvalue weighted by atomic mass is 10.1. The van der Waals surface area contributed by atoms with E-state index in [-0.39, 0.29) is 10.8 Å². The molecule has 0 bridgehead atoms. The van der Waals surface area contributed by atoms with E-state index >= 15 is 0 Å². The molecule has 0 aliphatic rings. The Bertz CT molecular complexity index is 570. The van der Waals surface area contributed by atoms with E-state index in [1.807, 2.05) is 6.92 Å². The number of nitrogens with two attached hydrogens (primary N) is 1. The number of carbonyl (C=O) groups is 1. The van der Waals surface area contributed by atoms with Gasteiger partial charge in [-0.05, 0) is 24.6 Å². The Morgan fingerprint density at radius 3 is 2.60 bits per heavy atom. The quantitative estimate of drug-likeness (QED) is 0.819. The highest BCUT2D eigenvalue weighted by Crippen LogP contribution is 2.18. The number of nitrogens with one attached hydrogen (secondary N) is 1. The zero-order valence-electron chi connectivity index (χ0n) is 12.0. The third kappa shape index (κ3) is 4.03. The summed E-state index contributed by atoms with van der Waals surface area (Å²) in [6, 6.07) is 5.53. The zero-order chi connectivity index (χ0) is 15.3. The van der Waals surface area contributed by atoms with Gasteiger partial charge >= 0.3 is 0 Å². The fourth-order valence-corrected chi connectivity index (χ4v) is 2.57. The maximum absolute atomic E-state index is 12.0. The number of anilines is 1. The molecule has 1 atom stereocenters. The fourth-order valence-electron chi connectivity index (χ4n) is 1.62. The van der Waals surface area contributed by atoms with Crippen molar-refractivity contribution in [1.82, 2.24) is 4.31 Å². The van der Waals surface area contributed by atoms with Crippen molar-refractivity contribution in [2.75, 3.05) is 19.4 Å². The fraction of sp³-hybridized carbons (Fsp3) is 0.462. The van der Waals surface area contributed by atoms with Gasteiger partial charge < -0.3 is 11.1 Å². The van der Waals surface area contributed by atoms with Crippen LogP contribution in [0.4, 0.5) is 5.69 Å². The van der Waals surface area contributed by atoms with Crippen molar-refractivity contribution in [3.05, 3.63) is 24.3 Å². The van der Waals surface area contributed by atoms with Crippen LogP contribution >= 0.6 is 0 Å². The third-order valence-electron chi connectivity index (χ3n) is 2.82. The highest BCUT2D eigenvalue weighted by atomic mass is 32.2. The van der Waals surface area contributed by atoms with Crippen molar-refractivity contribution < 1.29 is 13.2 Å². The van der Waals surface area contributed by atoms with Crippen LogP contribution in [0.2, 0.25) is 0 Å². The number of carbonyl (C=O) groups excluding carboxylic acids is 1. The summed E-state index contributed by atoms with van der Waals surface area (Å²) >= 11 is 0. The summed E-state index contributed by atoms with van der Waals surface area (Å²) in [5.74, 6) is -0.314. The monoisotopic (exact) mass is 299 g/mol. The van der Waals surface area contributed by atoms with E-state index in [0.29, 0.717) is 12.1 Å².